The van der Waals surface area contributed by atoms with E-state index in [0.29, 0.717) is 26.2 Å². The summed E-state index contributed by atoms with van der Waals surface area (Å²) in [5.41, 5.74) is 1.28. The Balaban J connectivity index is 1.39. The average molecular weight is 459 g/mol. The van der Waals surface area contributed by atoms with E-state index in [9.17, 15) is 18.0 Å². The number of piperidine rings is 1. The third-order valence-corrected chi connectivity index (χ3v) is 8.20. The van der Waals surface area contributed by atoms with Crippen LogP contribution in [0, 0.1) is 5.41 Å². The highest BCUT2D eigenvalue weighted by molar-refractivity contribution is 7.90. The molecule has 0 atom stereocenters. The molecule has 0 N–H and O–H groups in total. The molecule has 4 rings (SSSR count). The van der Waals surface area contributed by atoms with E-state index in [0.717, 1.165) is 31.1 Å². The standard InChI is InChI=1S/C23H26N2O4S2/c1-31(28,29)20-5-3-2-4-19(20)22(27)25-14-11-23(17-25)9-12-24(13-10-23)21(26)7-6-18-8-15-30-16-18/h2-8,15-16H,9-14,17H2,1H3. The van der Waals surface area contributed by atoms with Gasteiger partial charge < -0.3 is 9.80 Å². The molecule has 6 nitrogen and oxygen atoms in total. The lowest BCUT2D eigenvalue weighted by Gasteiger charge is -2.39. The Bertz CT molecular complexity index is 1100. The van der Waals surface area contributed by atoms with Gasteiger partial charge >= 0.3 is 0 Å². The fourth-order valence-electron chi connectivity index (χ4n) is 4.50. The Kier molecular flexibility index (Phi) is 6.03. The summed E-state index contributed by atoms with van der Waals surface area (Å²) < 4.78 is 24.2. The molecular formula is C23H26N2O4S2. The van der Waals surface area contributed by atoms with Gasteiger partial charge in [-0.25, -0.2) is 8.42 Å². The first-order valence-corrected chi connectivity index (χ1v) is 13.2. The predicted molar refractivity (Wildman–Crippen MR) is 122 cm³/mol. The van der Waals surface area contributed by atoms with Gasteiger partial charge in [0, 0.05) is 38.5 Å². The minimum absolute atomic E-state index is 0.00352. The van der Waals surface area contributed by atoms with Crippen LogP contribution in [0.15, 0.2) is 52.1 Å². The maximum absolute atomic E-state index is 13.1. The number of rotatable bonds is 4. The largest absolute Gasteiger partial charge is 0.339 e. The third-order valence-electron chi connectivity index (χ3n) is 6.34. The molecule has 2 aliphatic heterocycles. The lowest BCUT2D eigenvalue weighted by molar-refractivity contribution is -0.128. The fourth-order valence-corrected chi connectivity index (χ4v) is 6.01. The van der Waals surface area contributed by atoms with Gasteiger partial charge in [0.2, 0.25) is 5.91 Å². The Morgan fingerprint density at radius 3 is 2.35 bits per heavy atom. The molecule has 2 saturated heterocycles. The summed E-state index contributed by atoms with van der Waals surface area (Å²) in [4.78, 5) is 29.3. The molecule has 0 aliphatic carbocycles. The Morgan fingerprint density at radius 2 is 1.71 bits per heavy atom. The smallest absolute Gasteiger partial charge is 0.255 e. The molecule has 2 amide bonds. The zero-order valence-electron chi connectivity index (χ0n) is 17.5. The average Bonchev–Trinajstić information content (AvgIpc) is 3.42. The van der Waals surface area contributed by atoms with Crippen LogP contribution in [0.3, 0.4) is 0 Å². The summed E-state index contributed by atoms with van der Waals surface area (Å²) in [6, 6.07) is 8.39. The topological polar surface area (TPSA) is 74.8 Å². The van der Waals surface area contributed by atoms with E-state index in [1.54, 1.807) is 40.5 Å². The second-order valence-corrected chi connectivity index (χ2v) is 11.2. The van der Waals surface area contributed by atoms with Crippen molar-refractivity contribution in [3.63, 3.8) is 0 Å². The molecular weight excluding hydrogens is 432 g/mol. The number of carbonyl (C=O) groups is 2. The van der Waals surface area contributed by atoms with Gasteiger partial charge in [0.1, 0.15) is 0 Å². The second-order valence-electron chi connectivity index (χ2n) is 8.46. The highest BCUT2D eigenvalue weighted by Gasteiger charge is 2.43. The maximum atomic E-state index is 13.1. The minimum atomic E-state index is -3.48. The van der Waals surface area contributed by atoms with Crippen LogP contribution >= 0.6 is 11.3 Å². The summed E-state index contributed by atoms with van der Waals surface area (Å²) in [7, 11) is -3.48. The monoisotopic (exact) mass is 458 g/mol. The number of thiophene rings is 1. The summed E-state index contributed by atoms with van der Waals surface area (Å²) in [6.45, 7) is 2.57. The van der Waals surface area contributed by atoms with E-state index < -0.39 is 9.84 Å². The maximum Gasteiger partial charge on any atom is 0.255 e. The van der Waals surface area contributed by atoms with Gasteiger partial charge in [-0.2, -0.15) is 11.3 Å². The van der Waals surface area contributed by atoms with Crippen molar-refractivity contribution >= 4 is 39.1 Å². The first-order chi connectivity index (χ1) is 14.8. The highest BCUT2D eigenvalue weighted by atomic mass is 32.2. The van der Waals surface area contributed by atoms with Gasteiger partial charge in [-0.05, 0) is 65.3 Å². The molecule has 0 saturated carbocycles. The van der Waals surface area contributed by atoms with E-state index in [1.165, 1.54) is 6.07 Å². The van der Waals surface area contributed by atoms with Gasteiger partial charge in [0.25, 0.3) is 5.91 Å². The summed E-state index contributed by atoms with van der Waals surface area (Å²) >= 11 is 1.60. The molecule has 0 bridgehead atoms. The lowest BCUT2D eigenvalue weighted by atomic mass is 9.78. The van der Waals surface area contributed by atoms with Crippen molar-refractivity contribution in [2.24, 2.45) is 5.41 Å². The van der Waals surface area contributed by atoms with Crippen LogP contribution in [0.5, 0.6) is 0 Å². The summed E-state index contributed by atoms with van der Waals surface area (Å²) in [5, 5.41) is 3.98. The van der Waals surface area contributed by atoms with Crippen molar-refractivity contribution in [3.05, 3.63) is 58.3 Å². The number of hydrogen-bond donors (Lipinski definition) is 0. The Hall–Kier alpha value is -2.45. The number of sulfone groups is 1. The number of hydrogen-bond acceptors (Lipinski definition) is 5. The van der Waals surface area contributed by atoms with Crippen molar-refractivity contribution in [1.29, 1.82) is 0 Å². The summed E-state index contributed by atoms with van der Waals surface area (Å²) in [6.07, 6.45) is 7.19. The fraction of sp³-hybridized carbons (Fsp3) is 0.391. The number of amides is 2. The van der Waals surface area contributed by atoms with Crippen LogP contribution in [0.4, 0.5) is 0 Å². The van der Waals surface area contributed by atoms with Crippen molar-refractivity contribution in [2.75, 3.05) is 32.4 Å². The molecule has 3 heterocycles. The van der Waals surface area contributed by atoms with Gasteiger partial charge in [-0.15, -0.1) is 0 Å². The van der Waals surface area contributed by atoms with Crippen LogP contribution in [-0.4, -0.2) is 62.5 Å². The number of likely N-dealkylation sites (tertiary alicyclic amines) is 2. The quantitative estimate of drug-likeness (QED) is 0.659. The van der Waals surface area contributed by atoms with Crippen molar-refractivity contribution in [1.82, 2.24) is 9.80 Å². The van der Waals surface area contributed by atoms with Crippen LogP contribution < -0.4 is 0 Å². The zero-order valence-corrected chi connectivity index (χ0v) is 19.1. The number of carbonyl (C=O) groups excluding carboxylic acids is 2. The molecule has 1 spiro atoms. The minimum Gasteiger partial charge on any atom is -0.339 e. The van der Waals surface area contributed by atoms with E-state index in [4.69, 9.17) is 0 Å². The molecule has 2 aromatic rings. The SMILES string of the molecule is CS(=O)(=O)c1ccccc1C(=O)N1CCC2(CCN(C(=O)C=Cc3ccsc3)CC2)C1. The van der Waals surface area contributed by atoms with Crippen molar-refractivity contribution in [2.45, 2.75) is 24.2 Å². The Labute approximate surface area is 187 Å². The van der Waals surface area contributed by atoms with Crippen LogP contribution in [-0.2, 0) is 14.6 Å². The second kappa shape index (κ2) is 8.59. The van der Waals surface area contributed by atoms with E-state index in [2.05, 4.69) is 0 Å². The van der Waals surface area contributed by atoms with E-state index >= 15 is 0 Å². The molecule has 1 aromatic heterocycles. The first-order valence-electron chi connectivity index (χ1n) is 10.4. The molecule has 1 aromatic carbocycles. The number of nitrogens with zero attached hydrogens (tertiary/aromatic N) is 2. The lowest BCUT2D eigenvalue weighted by Crippen LogP contribution is -2.44. The molecule has 164 valence electrons. The molecule has 0 unspecified atom stereocenters. The van der Waals surface area contributed by atoms with Gasteiger partial charge in [-0.3, -0.25) is 9.59 Å². The molecule has 0 radical (unpaired) electrons. The van der Waals surface area contributed by atoms with Crippen LogP contribution in [0.2, 0.25) is 0 Å². The first kappa shape index (κ1) is 21.8. The predicted octanol–water partition coefficient (Wildman–Crippen LogP) is 3.32. The van der Waals surface area contributed by atoms with Gasteiger partial charge in [0.15, 0.2) is 9.84 Å². The highest BCUT2D eigenvalue weighted by Crippen LogP contribution is 2.41. The molecule has 8 heteroatoms. The molecule has 2 fully saturated rings. The van der Waals surface area contributed by atoms with Crippen LogP contribution in [0.25, 0.3) is 6.08 Å². The van der Waals surface area contributed by atoms with Gasteiger partial charge in [-0.1, -0.05) is 12.1 Å². The van der Waals surface area contributed by atoms with Crippen molar-refractivity contribution < 1.29 is 18.0 Å². The number of benzene rings is 1. The third kappa shape index (κ3) is 4.75. The molecule has 2 aliphatic rings. The van der Waals surface area contributed by atoms with E-state index in [1.807, 2.05) is 27.8 Å². The normalized spacial score (nSPS) is 18.7. The summed E-state index contributed by atoms with van der Waals surface area (Å²) in [5.74, 6) is -0.204. The van der Waals surface area contributed by atoms with Crippen molar-refractivity contribution in [3.8, 4) is 0 Å². The van der Waals surface area contributed by atoms with Gasteiger partial charge in [0.05, 0.1) is 10.5 Å². The zero-order chi connectivity index (χ0) is 22.1. The van der Waals surface area contributed by atoms with Crippen LogP contribution in [0.1, 0.15) is 35.2 Å². The molecule has 31 heavy (non-hydrogen) atoms. The Morgan fingerprint density at radius 1 is 1.03 bits per heavy atom. The van der Waals surface area contributed by atoms with E-state index in [-0.39, 0.29) is 27.7 Å².